The van der Waals surface area contributed by atoms with E-state index in [0.717, 1.165) is 49.4 Å². The number of hydrogen-bond donors (Lipinski definition) is 0. The van der Waals surface area contributed by atoms with E-state index in [1.54, 1.807) is 14.2 Å². The van der Waals surface area contributed by atoms with Gasteiger partial charge in [0.25, 0.3) is 0 Å². The van der Waals surface area contributed by atoms with E-state index in [-0.39, 0.29) is 18.5 Å². The molecule has 0 aliphatic carbocycles. The number of nitrogens with zero attached hydrogens (tertiary/aromatic N) is 1. The molecule has 0 amide bonds. The van der Waals surface area contributed by atoms with Crippen LogP contribution < -0.4 is 18.9 Å². The first-order chi connectivity index (χ1) is 13.7. The summed E-state index contributed by atoms with van der Waals surface area (Å²) in [7, 11) is 3.25. The monoisotopic (exact) mass is 383 g/mol. The van der Waals surface area contributed by atoms with Crippen LogP contribution in [0.25, 0.3) is 0 Å². The molecule has 0 aromatic heterocycles. The number of carbonyl (C=O) groups is 1. The molecule has 1 saturated heterocycles. The molecule has 2 aliphatic heterocycles. The SMILES string of the molecule is COc1cccc(C(=O)[C@H]2CCCN(Cc3cc(OC)c4c(c3)OCO4)C2)c1. The van der Waals surface area contributed by atoms with Crippen molar-refractivity contribution in [2.75, 3.05) is 34.1 Å². The second-order valence-electron chi connectivity index (χ2n) is 7.20. The van der Waals surface area contributed by atoms with Gasteiger partial charge in [-0.2, -0.15) is 0 Å². The van der Waals surface area contributed by atoms with Crippen molar-refractivity contribution in [2.24, 2.45) is 5.92 Å². The van der Waals surface area contributed by atoms with Gasteiger partial charge in [0.1, 0.15) is 5.75 Å². The summed E-state index contributed by atoms with van der Waals surface area (Å²) in [6.07, 6.45) is 1.92. The molecule has 6 heteroatoms. The molecule has 0 N–H and O–H groups in total. The lowest BCUT2D eigenvalue weighted by atomic mass is 9.89. The lowest BCUT2D eigenvalue weighted by Crippen LogP contribution is -2.38. The van der Waals surface area contributed by atoms with Gasteiger partial charge in [0.05, 0.1) is 14.2 Å². The van der Waals surface area contributed by atoms with Gasteiger partial charge in [-0.05, 0) is 49.2 Å². The Bertz CT molecular complexity index is 866. The molecule has 1 atom stereocenters. The maximum atomic E-state index is 13.0. The van der Waals surface area contributed by atoms with E-state index in [2.05, 4.69) is 4.90 Å². The van der Waals surface area contributed by atoms with Gasteiger partial charge in [0.15, 0.2) is 17.3 Å². The van der Waals surface area contributed by atoms with Crippen molar-refractivity contribution in [3.8, 4) is 23.0 Å². The number of likely N-dealkylation sites (tertiary alicyclic amines) is 1. The third-order valence-electron chi connectivity index (χ3n) is 5.35. The quantitative estimate of drug-likeness (QED) is 0.712. The molecule has 0 spiro atoms. The second kappa shape index (κ2) is 8.10. The molecule has 1 fully saturated rings. The molecule has 2 aromatic rings. The highest BCUT2D eigenvalue weighted by Crippen LogP contribution is 2.42. The van der Waals surface area contributed by atoms with Crippen LogP contribution in [0.1, 0.15) is 28.8 Å². The smallest absolute Gasteiger partial charge is 0.231 e. The topological polar surface area (TPSA) is 57.2 Å². The Balaban J connectivity index is 1.46. The molecule has 0 radical (unpaired) electrons. The summed E-state index contributed by atoms with van der Waals surface area (Å²) in [5, 5.41) is 0. The average molecular weight is 383 g/mol. The molecule has 6 nitrogen and oxygen atoms in total. The lowest BCUT2D eigenvalue weighted by molar-refractivity contribution is 0.0811. The lowest BCUT2D eigenvalue weighted by Gasteiger charge is -2.32. The van der Waals surface area contributed by atoms with Crippen LogP contribution in [0.15, 0.2) is 36.4 Å². The fourth-order valence-electron chi connectivity index (χ4n) is 3.96. The van der Waals surface area contributed by atoms with Gasteiger partial charge < -0.3 is 18.9 Å². The van der Waals surface area contributed by atoms with E-state index in [1.807, 2.05) is 36.4 Å². The summed E-state index contributed by atoms with van der Waals surface area (Å²) in [5.74, 6) is 2.96. The largest absolute Gasteiger partial charge is 0.497 e. The van der Waals surface area contributed by atoms with Crippen molar-refractivity contribution < 1.29 is 23.7 Å². The standard InChI is InChI=1S/C22H25NO5/c1-25-18-7-3-5-16(11-18)21(24)17-6-4-8-23(13-17)12-15-9-19(26-2)22-20(10-15)27-14-28-22/h3,5,7,9-11,17H,4,6,8,12-14H2,1-2H3/t17-/m0/s1. The van der Waals surface area contributed by atoms with Crippen molar-refractivity contribution in [1.29, 1.82) is 0 Å². The normalized spacial score (nSPS) is 18.7. The highest BCUT2D eigenvalue weighted by Gasteiger charge is 2.28. The zero-order valence-corrected chi connectivity index (χ0v) is 16.3. The van der Waals surface area contributed by atoms with E-state index in [0.29, 0.717) is 17.2 Å². The van der Waals surface area contributed by atoms with Crippen molar-refractivity contribution in [1.82, 2.24) is 4.90 Å². The predicted molar refractivity (Wildman–Crippen MR) is 104 cm³/mol. The van der Waals surface area contributed by atoms with Gasteiger partial charge in [-0.25, -0.2) is 0 Å². The highest BCUT2D eigenvalue weighted by atomic mass is 16.7. The number of Topliss-reactive ketones (excluding diaryl/α,β-unsaturated/α-hetero) is 1. The number of benzene rings is 2. The number of ether oxygens (including phenoxy) is 4. The molecule has 0 bridgehead atoms. The first-order valence-corrected chi connectivity index (χ1v) is 9.55. The first-order valence-electron chi connectivity index (χ1n) is 9.55. The Kier molecular flexibility index (Phi) is 5.39. The number of rotatable bonds is 6. The maximum absolute atomic E-state index is 13.0. The summed E-state index contributed by atoms with van der Waals surface area (Å²) in [6.45, 7) is 2.68. The predicted octanol–water partition coefficient (Wildman–Crippen LogP) is 3.53. The van der Waals surface area contributed by atoms with Gasteiger partial charge in [-0.3, -0.25) is 9.69 Å². The number of fused-ring (bicyclic) bond motifs is 1. The molecule has 4 rings (SSSR count). The average Bonchev–Trinajstić information content (AvgIpc) is 3.21. The van der Waals surface area contributed by atoms with Crippen molar-refractivity contribution in [3.63, 3.8) is 0 Å². The van der Waals surface area contributed by atoms with Crippen molar-refractivity contribution >= 4 is 5.78 Å². The second-order valence-corrected chi connectivity index (χ2v) is 7.20. The van der Waals surface area contributed by atoms with Crippen LogP contribution in [0.2, 0.25) is 0 Å². The zero-order chi connectivity index (χ0) is 19.5. The molecule has 28 heavy (non-hydrogen) atoms. The Labute approximate surface area is 165 Å². The Morgan fingerprint density at radius 1 is 1.18 bits per heavy atom. The zero-order valence-electron chi connectivity index (χ0n) is 16.3. The Morgan fingerprint density at radius 3 is 2.89 bits per heavy atom. The molecule has 0 unspecified atom stereocenters. The van der Waals surface area contributed by atoms with E-state index < -0.39 is 0 Å². The molecule has 2 heterocycles. The van der Waals surface area contributed by atoms with Crippen LogP contribution in [0.5, 0.6) is 23.0 Å². The highest BCUT2D eigenvalue weighted by molar-refractivity contribution is 5.98. The Hall–Kier alpha value is -2.73. The number of carbonyl (C=O) groups excluding carboxylic acids is 1. The molecule has 0 saturated carbocycles. The first kappa shape index (κ1) is 18.6. The summed E-state index contributed by atoms with van der Waals surface area (Å²) >= 11 is 0. The fourth-order valence-corrected chi connectivity index (χ4v) is 3.96. The van der Waals surface area contributed by atoms with Crippen LogP contribution in [-0.2, 0) is 6.54 Å². The summed E-state index contributed by atoms with van der Waals surface area (Å²) in [4.78, 5) is 15.3. The van der Waals surface area contributed by atoms with Crippen LogP contribution in [0.4, 0.5) is 0 Å². The van der Waals surface area contributed by atoms with Crippen LogP contribution >= 0.6 is 0 Å². The summed E-state index contributed by atoms with van der Waals surface area (Å²) in [5.41, 5.74) is 1.81. The number of hydrogen-bond acceptors (Lipinski definition) is 6. The third-order valence-corrected chi connectivity index (χ3v) is 5.35. The molecule has 148 valence electrons. The van der Waals surface area contributed by atoms with Gasteiger partial charge in [0, 0.05) is 24.6 Å². The van der Waals surface area contributed by atoms with E-state index in [1.165, 1.54) is 0 Å². The Morgan fingerprint density at radius 2 is 2.07 bits per heavy atom. The molecule has 2 aliphatic rings. The van der Waals surface area contributed by atoms with Crippen LogP contribution in [-0.4, -0.2) is 44.8 Å². The van der Waals surface area contributed by atoms with Gasteiger partial charge >= 0.3 is 0 Å². The number of ketones is 1. The van der Waals surface area contributed by atoms with Gasteiger partial charge in [-0.1, -0.05) is 12.1 Å². The van der Waals surface area contributed by atoms with Crippen molar-refractivity contribution in [3.05, 3.63) is 47.5 Å². The third kappa shape index (κ3) is 3.78. The summed E-state index contributed by atoms with van der Waals surface area (Å²) in [6, 6.07) is 11.4. The van der Waals surface area contributed by atoms with Gasteiger partial charge in [-0.15, -0.1) is 0 Å². The molecular weight excluding hydrogens is 358 g/mol. The molecule has 2 aromatic carbocycles. The maximum Gasteiger partial charge on any atom is 0.231 e. The number of piperidine rings is 1. The van der Waals surface area contributed by atoms with E-state index >= 15 is 0 Å². The minimum atomic E-state index is -0.00300. The van der Waals surface area contributed by atoms with Crippen LogP contribution in [0.3, 0.4) is 0 Å². The molecular formula is C22H25NO5. The van der Waals surface area contributed by atoms with E-state index in [4.69, 9.17) is 18.9 Å². The van der Waals surface area contributed by atoms with Crippen molar-refractivity contribution in [2.45, 2.75) is 19.4 Å². The van der Waals surface area contributed by atoms with Crippen LogP contribution in [0, 0.1) is 5.92 Å². The minimum Gasteiger partial charge on any atom is -0.497 e. The number of methoxy groups -OCH3 is 2. The summed E-state index contributed by atoms with van der Waals surface area (Å²) < 4.78 is 21.7. The van der Waals surface area contributed by atoms with E-state index in [9.17, 15) is 4.79 Å². The minimum absolute atomic E-state index is 0.00300. The fraction of sp³-hybridized carbons (Fsp3) is 0.409. The van der Waals surface area contributed by atoms with Gasteiger partial charge in [0.2, 0.25) is 12.5 Å².